The maximum absolute atomic E-state index is 12.1. The molecule has 0 aromatic carbocycles. The van der Waals surface area contributed by atoms with E-state index in [0.717, 1.165) is 19.5 Å². The molecule has 0 aromatic heterocycles. The van der Waals surface area contributed by atoms with Gasteiger partial charge in [0.15, 0.2) is 0 Å². The zero-order chi connectivity index (χ0) is 13.5. The maximum Gasteiger partial charge on any atom is 0.226 e. The summed E-state index contributed by atoms with van der Waals surface area (Å²) in [6, 6.07) is 0.661. The van der Waals surface area contributed by atoms with Crippen molar-refractivity contribution in [3.63, 3.8) is 0 Å². The fraction of sp³-hybridized carbons (Fsp3) is 0.929. The van der Waals surface area contributed by atoms with Crippen LogP contribution in [-0.2, 0) is 4.79 Å². The van der Waals surface area contributed by atoms with Crippen LogP contribution in [0.1, 0.15) is 32.6 Å². The van der Waals surface area contributed by atoms with Gasteiger partial charge in [0, 0.05) is 32.1 Å². The van der Waals surface area contributed by atoms with Crippen LogP contribution in [0.2, 0.25) is 0 Å². The summed E-state index contributed by atoms with van der Waals surface area (Å²) >= 11 is 0. The highest BCUT2D eigenvalue weighted by atomic mass is 16.2. The van der Waals surface area contributed by atoms with E-state index < -0.39 is 0 Å². The number of hydrogen-bond acceptors (Lipinski definition) is 3. The van der Waals surface area contributed by atoms with Crippen molar-refractivity contribution in [3.8, 4) is 0 Å². The quantitative estimate of drug-likeness (QED) is 0.774. The molecule has 1 saturated heterocycles. The number of carbonyl (C=O) groups excluding carboxylic acids is 1. The number of rotatable bonds is 6. The Hall–Kier alpha value is -0.610. The minimum atomic E-state index is 0.0732. The lowest BCUT2D eigenvalue weighted by atomic mass is 10.00. The molecule has 1 heterocycles. The van der Waals surface area contributed by atoms with Crippen LogP contribution >= 0.6 is 0 Å². The van der Waals surface area contributed by atoms with Gasteiger partial charge in [0.25, 0.3) is 0 Å². The lowest BCUT2D eigenvalue weighted by Gasteiger charge is -2.33. The molecule has 2 unspecified atom stereocenters. The topological polar surface area (TPSA) is 35.6 Å². The first-order chi connectivity index (χ1) is 8.56. The van der Waals surface area contributed by atoms with Gasteiger partial charge in [0.2, 0.25) is 5.91 Å². The Kier molecular flexibility index (Phi) is 6.65. The van der Waals surface area contributed by atoms with Crippen LogP contribution < -0.4 is 5.32 Å². The second-order valence-corrected chi connectivity index (χ2v) is 5.64. The van der Waals surface area contributed by atoms with Crippen LogP contribution in [-0.4, -0.2) is 62.5 Å². The van der Waals surface area contributed by atoms with Crippen molar-refractivity contribution in [2.45, 2.75) is 38.6 Å². The largest absolute Gasteiger partial charge is 0.345 e. The third kappa shape index (κ3) is 4.58. The van der Waals surface area contributed by atoms with Crippen molar-refractivity contribution in [1.82, 2.24) is 15.1 Å². The lowest BCUT2D eigenvalue weighted by molar-refractivity contribution is -0.133. The number of likely N-dealkylation sites (tertiary alicyclic amines) is 1. The molecular formula is C14H29N3O. The molecule has 0 aliphatic carbocycles. The van der Waals surface area contributed by atoms with E-state index in [1.807, 2.05) is 25.9 Å². The summed E-state index contributed by atoms with van der Waals surface area (Å²) < 4.78 is 0. The highest BCUT2D eigenvalue weighted by Crippen LogP contribution is 2.18. The van der Waals surface area contributed by atoms with E-state index in [-0.39, 0.29) is 11.8 Å². The van der Waals surface area contributed by atoms with Crippen molar-refractivity contribution >= 4 is 5.91 Å². The smallest absolute Gasteiger partial charge is 0.226 e. The molecule has 2 atom stereocenters. The minimum Gasteiger partial charge on any atom is -0.345 e. The zero-order valence-electron chi connectivity index (χ0n) is 12.4. The highest BCUT2D eigenvalue weighted by molar-refractivity contribution is 5.78. The Bertz CT molecular complexity index is 257. The summed E-state index contributed by atoms with van der Waals surface area (Å²) in [7, 11) is 6.02. The van der Waals surface area contributed by atoms with Gasteiger partial charge in [-0.2, -0.15) is 0 Å². The van der Waals surface area contributed by atoms with Gasteiger partial charge in [-0.3, -0.25) is 4.79 Å². The molecule has 1 N–H and O–H groups in total. The van der Waals surface area contributed by atoms with Crippen LogP contribution in [0.3, 0.4) is 0 Å². The summed E-state index contributed by atoms with van der Waals surface area (Å²) in [6.07, 6.45) is 5.04. The second kappa shape index (κ2) is 7.74. The first-order valence-corrected chi connectivity index (χ1v) is 7.16. The van der Waals surface area contributed by atoms with Gasteiger partial charge in [-0.15, -0.1) is 0 Å². The molecule has 1 fully saturated rings. The average Bonchev–Trinajstić information content (AvgIpc) is 2.36. The van der Waals surface area contributed by atoms with Gasteiger partial charge in [0.05, 0.1) is 0 Å². The molecule has 1 aliphatic heterocycles. The lowest BCUT2D eigenvalue weighted by Crippen LogP contribution is -2.41. The number of nitrogens with one attached hydrogen (secondary N) is 1. The predicted octanol–water partition coefficient (Wildman–Crippen LogP) is 1.17. The fourth-order valence-corrected chi connectivity index (χ4v) is 2.73. The summed E-state index contributed by atoms with van der Waals surface area (Å²) in [5.41, 5.74) is 0. The standard InChI is InChI=1S/C14H29N3O/c1-12(11-15-2)14(18)17(4)10-8-13-7-5-6-9-16(13)3/h12-13,15H,5-11H2,1-4H3. The molecule has 4 heteroatoms. The second-order valence-electron chi connectivity index (χ2n) is 5.64. The normalized spacial score (nSPS) is 22.8. The minimum absolute atomic E-state index is 0.0732. The Morgan fingerprint density at radius 3 is 2.83 bits per heavy atom. The number of carbonyl (C=O) groups is 1. The number of nitrogens with zero attached hydrogens (tertiary/aromatic N) is 2. The summed E-state index contributed by atoms with van der Waals surface area (Å²) in [5.74, 6) is 0.326. The van der Waals surface area contributed by atoms with E-state index in [1.54, 1.807) is 0 Å². The average molecular weight is 255 g/mol. The monoisotopic (exact) mass is 255 g/mol. The van der Waals surface area contributed by atoms with Crippen molar-refractivity contribution in [2.24, 2.45) is 5.92 Å². The summed E-state index contributed by atoms with van der Waals surface area (Å²) in [6.45, 7) is 4.83. The molecule has 18 heavy (non-hydrogen) atoms. The van der Waals surface area contributed by atoms with Crippen LogP contribution in [0.5, 0.6) is 0 Å². The molecule has 0 radical (unpaired) electrons. The highest BCUT2D eigenvalue weighted by Gasteiger charge is 2.21. The Morgan fingerprint density at radius 1 is 1.50 bits per heavy atom. The Labute approximate surface area is 112 Å². The molecule has 0 saturated carbocycles. The number of amides is 1. The number of piperidine rings is 1. The van der Waals surface area contributed by atoms with Gasteiger partial charge in [-0.1, -0.05) is 13.3 Å². The molecule has 106 valence electrons. The van der Waals surface area contributed by atoms with Crippen LogP contribution in [0.25, 0.3) is 0 Å². The van der Waals surface area contributed by atoms with Gasteiger partial charge in [0.1, 0.15) is 0 Å². The van der Waals surface area contributed by atoms with Crippen LogP contribution in [0.15, 0.2) is 0 Å². The predicted molar refractivity (Wildman–Crippen MR) is 75.6 cm³/mol. The first-order valence-electron chi connectivity index (χ1n) is 7.16. The van der Waals surface area contributed by atoms with E-state index in [2.05, 4.69) is 17.3 Å². The Morgan fingerprint density at radius 2 is 2.22 bits per heavy atom. The van der Waals surface area contributed by atoms with E-state index in [9.17, 15) is 4.79 Å². The molecular weight excluding hydrogens is 226 g/mol. The van der Waals surface area contributed by atoms with Crippen molar-refractivity contribution in [2.75, 3.05) is 40.8 Å². The third-order valence-electron chi connectivity index (χ3n) is 4.03. The summed E-state index contributed by atoms with van der Waals surface area (Å²) in [5, 5.41) is 3.06. The molecule has 1 amide bonds. The van der Waals surface area contributed by atoms with E-state index >= 15 is 0 Å². The molecule has 0 spiro atoms. The van der Waals surface area contributed by atoms with Crippen LogP contribution in [0.4, 0.5) is 0 Å². The van der Waals surface area contributed by atoms with E-state index in [1.165, 1.54) is 25.8 Å². The van der Waals surface area contributed by atoms with Gasteiger partial charge < -0.3 is 15.1 Å². The van der Waals surface area contributed by atoms with Crippen molar-refractivity contribution in [1.29, 1.82) is 0 Å². The molecule has 0 aromatic rings. The fourth-order valence-electron chi connectivity index (χ4n) is 2.73. The van der Waals surface area contributed by atoms with Gasteiger partial charge in [-0.05, 0) is 39.9 Å². The number of hydrogen-bond donors (Lipinski definition) is 1. The first kappa shape index (κ1) is 15.4. The maximum atomic E-state index is 12.1. The van der Waals surface area contributed by atoms with Crippen molar-refractivity contribution in [3.05, 3.63) is 0 Å². The third-order valence-corrected chi connectivity index (χ3v) is 4.03. The zero-order valence-corrected chi connectivity index (χ0v) is 12.4. The Balaban J connectivity index is 2.31. The van der Waals surface area contributed by atoms with E-state index in [0.29, 0.717) is 6.04 Å². The summed E-state index contributed by atoms with van der Waals surface area (Å²) in [4.78, 5) is 16.4. The van der Waals surface area contributed by atoms with Crippen LogP contribution in [0, 0.1) is 5.92 Å². The van der Waals surface area contributed by atoms with Gasteiger partial charge >= 0.3 is 0 Å². The van der Waals surface area contributed by atoms with Crippen molar-refractivity contribution < 1.29 is 4.79 Å². The van der Waals surface area contributed by atoms with Gasteiger partial charge in [-0.25, -0.2) is 0 Å². The SMILES string of the molecule is CNCC(C)C(=O)N(C)CCC1CCCCN1C. The molecule has 4 nitrogen and oxygen atoms in total. The molecule has 0 bridgehead atoms. The molecule has 1 rings (SSSR count). The molecule has 1 aliphatic rings. The van der Waals surface area contributed by atoms with E-state index in [4.69, 9.17) is 0 Å².